The van der Waals surface area contributed by atoms with Crippen LogP contribution in [-0.4, -0.2) is 43.1 Å². The Morgan fingerprint density at radius 2 is 1.86 bits per heavy atom. The molecule has 1 amide bonds. The van der Waals surface area contributed by atoms with Crippen molar-refractivity contribution in [2.45, 2.75) is 20.3 Å². The number of hydrogen-bond acceptors (Lipinski definition) is 4. The van der Waals surface area contributed by atoms with E-state index < -0.39 is 5.97 Å². The molecule has 0 heterocycles. The summed E-state index contributed by atoms with van der Waals surface area (Å²) in [6, 6.07) is 5.57. The van der Waals surface area contributed by atoms with Crippen LogP contribution in [-0.2, 0) is 14.3 Å². The number of benzene rings is 1. The Morgan fingerprint density at radius 3 is 2.43 bits per heavy atom. The molecule has 1 rings (SSSR count). The van der Waals surface area contributed by atoms with Crippen LogP contribution in [0.5, 0.6) is 5.75 Å². The average molecular weight is 297 g/mol. The number of carbonyl (C=O) groups excluding carboxylic acids is 2. The predicted octanol–water partition coefficient (Wildman–Crippen LogP) is 2.01. The number of esters is 1. The van der Waals surface area contributed by atoms with Gasteiger partial charge >= 0.3 is 5.97 Å². The molecule has 21 heavy (non-hydrogen) atoms. The van der Waals surface area contributed by atoms with Crippen LogP contribution in [0.4, 0.5) is 4.39 Å². The third-order valence-electron chi connectivity index (χ3n) is 2.76. The van der Waals surface area contributed by atoms with E-state index in [2.05, 4.69) is 0 Å². The molecule has 0 saturated carbocycles. The Morgan fingerprint density at radius 1 is 1.19 bits per heavy atom. The number of ether oxygens (including phenoxy) is 2. The molecule has 0 aliphatic heterocycles. The van der Waals surface area contributed by atoms with Gasteiger partial charge in [-0.15, -0.1) is 0 Å². The second-order valence-corrected chi connectivity index (χ2v) is 4.27. The Balaban J connectivity index is 2.36. The summed E-state index contributed by atoms with van der Waals surface area (Å²) in [7, 11) is 0. The van der Waals surface area contributed by atoms with E-state index in [4.69, 9.17) is 9.47 Å². The van der Waals surface area contributed by atoms with Crippen molar-refractivity contribution in [2.24, 2.45) is 0 Å². The normalized spacial score (nSPS) is 10.0. The number of hydrogen-bond donors (Lipinski definition) is 0. The molecule has 0 N–H and O–H groups in total. The maximum Gasteiger partial charge on any atom is 0.325 e. The van der Waals surface area contributed by atoms with Gasteiger partial charge in [0.1, 0.15) is 18.1 Å². The fourth-order valence-corrected chi connectivity index (χ4v) is 1.68. The van der Waals surface area contributed by atoms with E-state index in [0.29, 0.717) is 12.3 Å². The number of carbonyl (C=O) groups is 2. The first-order valence-corrected chi connectivity index (χ1v) is 6.88. The molecule has 1 aromatic rings. The monoisotopic (exact) mass is 297 g/mol. The van der Waals surface area contributed by atoms with Gasteiger partial charge in [0.05, 0.1) is 19.6 Å². The highest BCUT2D eigenvalue weighted by molar-refractivity contribution is 5.82. The zero-order valence-electron chi connectivity index (χ0n) is 12.3. The van der Waals surface area contributed by atoms with Gasteiger partial charge in [-0.25, -0.2) is 4.39 Å². The molecule has 0 fully saturated rings. The van der Waals surface area contributed by atoms with Gasteiger partial charge in [-0.2, -0.15) is 0 Å². The summed E-state index contributed by atoms with van der Waals surface area (Å²) in [4.78, 5) is 24.7. The molecule has 0 radical (unpaired) electrons. The maximum atomic E-state index is 12.7. The first-order valence-electron chi connectivity index (χ1n) is 6.88. The molecule has 0 unspecified atom stereocenters. The fraction of sp³-hybridized carbons (Fsp3) is 0.467. The quantitative estimate of drug-likeness (QED) is 0.689. The van der Waals surface area contributed by atoms with Crippen molar-refractivity contribution in [2.75, 3.05) is 26.3 Å². The van der Waals surface area contributed by atoms with Crippen LogP contribution >= 0.6 is 0 Å². The lowest BCUT2D eigenvalue weighted by Gasteiger charge is -2.19. The van der Waals surface area contributed by atoms with E-state index in [9.17, 15) is 14.0 Å². The summed E-state index contributed by atoms with van der Waals surface area (Å²) in [5.41, 5.74) is 0. The summed E-state index contributed by atoms with van der Waals surface area (Å²) in [6.07, 6.45) is 0.143. The van der Waals surface area contributed by atoms with Crippen LogP contribution in [0.1, 0.15) is 20.3 Å². The average Bonchev–Trinajstić information content (AvgIpc) is 2.47. The van der Waals surface area contributed by atoms with Crippen LogP contribution in [0, 0.1) is 5.82 Å². The smallest absolute Gasteiger partial charge is 0.325 e. The van der Waals surface area contributed by atoms with Gasteiger partial charge in [0.2, 0.25) is 5.91 Å². The van der Waals surface area contributed by atoms with Crippen molar-refractivity contribution in [3.63, 3.8) is 0 Å². The van der Waals surface area contributed by atoms with Crippen molar-refractivity contribution in [3.05, 3.63) is 30.1 Å². The minimum Gasteiger partial charge on any atom is -0.493 e. The summed E-state index contributed by atoms with van der Waals surface area (Å²) in [6.45, 7) is 4.33. The van der Waals surface area contributed by atoms with Gasteiger partial charge in [-0.05, 0) is 38.1 Å². The molecule has 0 saturated heterocycles. The van der Waals surface area contributed by atoms with E-state index >= 15 is 0 Å². The molecule has 1 aromatic carbocycles. The molecule has 0 aliphatic carbocycles. The first kappa shape index (κ1) is 16.9. The summed E-state index contributed by atoms with van der Waals surface area (Å²) in [5.74, 6) is -0.456. The topological polar surface area (TPSA) is 55.8 Å². The molecule has 0 spiro atoms. The lowest BCUT2D eigenvalue weighted by molar-refractivity contribution is -0.149. The maximum absolute atomic E-state index is 12.7. The molecule has 0 atom stereocenters. The number of rotatable bonds is 8. The molecular weight excluding hydrogens is 277 g/mol. The highest BCUT2D eigenvalue weighted by atomic mass is 19.1. The van der Waals surface area contributed by atoms with Crippen LogP contribution in [0.25, 0.3) is 0 Å². The van der Waals surface area contributed by atoms with Gasteiger partial charge in [0, 0.05) is 6.54 Å². The molecule has 0 bridgehead atoms. The Labute approximate surface area is 123 Å². The Bertz CT molecular complexity index is 461. The third-order valence-corrected chi connectivity index (χ3v) is 2.76. The lowest BCUT2D eigenvalue weighted by atomic mass is 10.3. The predicted molar refractivity (Wildman–Crippen MR) is 75.4 cm³/mol. The summed E-state index contributed by atoms with van der Waals surface area (Å²) in [5, 5.41) is 0. The Hall–Kier alpha value is -2.11. The number of likely N-dealkylation sites (N-methyl/N-ethyl adjacent to an activating group) is 1. The summed E-state index contributed by atoms with van der Waals surface area (Å²) >= 11 is 0. The SMILES string of the molecule is CCOC(=O)CN(CC)C(=O)CCOc1ccc(F)cc1. The second-order valence-electron chi connectivity index (χ2n) is 4.27. The van der Waals surface area contributed by atoms with E-state index in [1.807, 2.05) is 0 Å². The van der Waals surface area contributed by atoms with Crippen LogP contribution < -0.4 is 4.74 Å². The van der Waals surface area contributed by atoms with Gasteiger partial charge in [0.15, 0.2) is 0 Å². The van der Waals surface area contributed by atoms with E-state index in [0.717, 1.165) is 0 Å². The van der Waals surface area contributed by atoms with Gasteiger partial charge in [0.25, 0.3) is 0 Å². The van der Waals surface area contributed by atoms with Crippen LogP contribution in [0.2, 0.25) is 0 Å². The fourth-order valence-electron chi connectivity index (χ4n) is 1.68. The first-order chi connectivity index (χ1) is 10.1. The Kier molecular flexibility index (Phi) is 7.21. The zero-order valence-corrected chi connectivity index (χ0v) is 12.3. The van der Waals surface area contributed by atoms with Gasteiger partial charge < -0.3 is 14.4 Å². The molecule has 6 heteroatoms. The van der Waals surface area contributed by atoms with Crippen LogP contribution in [0.15, 0.2) is 24.3 Å². The lowest BCUT2D eigenvalue weighted by Crippen LogP contribution is -2.36. The van der Waals surface area contributed by atoms with Crippen molar-refractivity contribution >= 4 is 11.9 Å². The van der Waals surface area contributed by atoms with Crippen molar-refractivity contribution in [1.29, 1.82) is 0 Å². The molecule has 0 aromatic heterocycles. The van der Waals surface area contributed by atoms with Crippen molar-refractivity contribution in [1.82, 2.24) is 4.90 Å². The van der Waals surface area contributed by atoms with E-state index in [1.54, 1.807) is 13.8 Å². The molecule has 0 aliphatic rings. The largest absolute Gasteiger partial charge is 0.493 e. The number of nitrogens with zero attached hydrogens (tertiary/aromatic N) is 1. The molecule has 5 nitrogen and oxygen atoms in total. The zero-order chi connectivity index (χ0) is 15.7. The standard InChI is InChI=1S/C15H20FNO4/c1-3-17(11-15(19)20-4-2)14(18)9-10-21-13-7-5-12(16)6-8-13/h5-8H,3-4,9-11H2,1-2H3. The van der Waals surface area contributed by atoms with Gasteiger partial charge in [-0.3, -0.25) is 9.59 Å². The van der Waals surface area contributed by atoms with E-state index in [1.165, 1.54) is 29.2 Å². The highest BCUT2D eigenvalue weighted by Gasteiger charge is 2.16. The minimum absolute atomic E-state index is 0.0558. The minimum atomic E-state index is -0.424. The molecular formula is C15H20FNO4. The van der Waals surface area contributed by atoms with Crippen molar-refractivity contribution in [3.8, 4) is 5.75 Å². The van der Waals surface area contributed by atoms with E-state index in [-0.39, 0.29) is 37.9 Å². The second kappa shape index (κ2) is 8.94. The summed E-state index contributed by atoms with van der Waals surface area (Å²) < 4.78 is 22.9. The number of halogens is 1. The van der Waals surface area contributed by atoms with Crippen LogP contribution in [0.3, 0.4) is 0 Å². The van der Waals surface area contributed by atoms with Crippen molar-refractivity contribution < 1.29 is 23.5 Å². The highest BCUT2D eigenvalue weighted by Crippen LogP contribution is 2.11. The molecule has 116 valence electrons. The van der Waals surface area contributed by atoms with Gasteiger partial charge in [-0.1, -0.05) is 0 Å². The number of amides is 1. The third kappa shape index (κ3) is 6.25.